The fourth-order valence-corrected chi connectivity index (χ4v) is 9.45. The van der Waals surface area contributed by atoms with Crippen molar-refractivity contribution in [3.8, 4) is 0 Å². The summed E-state index contributed by atoms with van der Waals surface area (Å²) >= 11 is 0. The SMILES string of the molecule is CC(=O)OC1CCC2(COS(C)(=O)=O)C3CCC4(C)C5CCC4(OCC(=O)C5=O)C3CCC2(O)C1. The van der Waals surface area contributed by atoms with Gasteiger partial charge in [-0.3, -0.25) is 18.6 Å². The van der Waals surface area contributed by atoms with Gasteiger partial charge in [0.05, 0.1) is 24.1 Å². The lowest BCUT2D eigenvalue weighted by Gasteiger charge is -2.67. The molecule has 0 amide bonds. The van der Waals surface area contributed by atoms with E-state index in [0.717, 1.165) is 6.26 Å². The molecular weight excluding hydrogens is 476 g/mol. The van der Waals surface area contributed by atoms with Crippen molar-refractivity contribution in [1.29, 1.82) is 0 Å². The van der Waals surface area contributed by atoms with Crippen molar-refractivity contribution >= 4 is 27.7 Å². The summed E-state index contributed by atoms with van der Waals surface area (Å²) in [6, 6.07) is 0. The molecule has 2 bridgehead atoms. The zero-order valence-electron chi connectivity index (χ0n) is 20.7. The van der Waals surface area contributed by atoms with Crippen LogP contribution in [0.3, 0.4) is 0 Å². The van der Waals surface area contributed by atoms with Crippen molar-refractivity contribution in [2.75, 3.05) is 19.5 Å². The summed E-state index contributed by atoms with van der Waals surface area (Å²) in [7, 11) is -3.76. The molecular formula is C25H36O9S. The molecule has 1 aliphatic heterocycles. The highest BCUT2D eigenvalue weighted by Crippen LogP contribution is 2.71. The molecule has 0 aromatic carbocycles. The zero-order valence-corrected chi connectivity index (χ0v) is 21.5. The third-order valence-electron chi connectivity index (χ3n) is 10.5. The molecule has 5 aliphatic rings. The summed E-state index contributed by atoms with van der Waals surface area (Å²) < 4.78 is 41.5. The quantitative estimate of drug-likeness (QED) is 0.341. The minimum Gasteiger partial charge on any atom is -0.462 e. The van der Waals surface area contributed by atoms with Crippen molar-refractivity contribution in [1.82, 2.24) is 0 Å². The Hall–Kier alpha value is -1.36. The third kappa shape index (κ3) is 3.57. The van der Waals surface area contributed by atoms with Crippen molar-refractivity contribution in [2.24, 2.45) is 28.6 Å². The number of aliphatic hydroxyl groups is 1. The van der Waals surface area contributed by atoms with Gasteiger partial charge in [-0.15, -0.1) is 0 Å². The van der Waals surface area contributed by atoms with Crippen LogP contribution in [0.5, 0.6) is 0 Å². The molecule has 8 atom stereocenters. The molecule has 1 saturated heterocycles. The molecule has 9 nitrogen and oxygen atoms in total. The Kier molecular flexibility index (Phi) is 5.83. The monoisotopic (exact) mass is 512 g/mol. The highest BCUT2D eigenvalue weighted by molar-refractivity contribution is 7.85. The fourth-order valence-electron chi connectivity index (χ4n) is 9.02. The van der Waals surface area contributed by atoms with Crippen molar-refractivity contribution in [3.05, 3.63) is 0 Å². The van der Waals surface area contributed by atoms with Crippen LogP contribution in [0.1, 0.15) is 71.6 Å². The smallest absolute Gasteiger partial charge is 0.302 e. The van der Waals surface area contributed by atoms with Gasteiger partial charge in [0.2, 0.25) is 11.6 Å². The molecule has 0 aromatic heterocycles. The lowest BCUT2D eigenvalue weighted by molar-refractivity contribution is -0.275. The molecule has 5 rings (SSSR count). The van der Waals surface area contributed by atoms with Gasteiger partial charge in [0.15, 0.2) is 0 Å². The number of fused-ring (bicyclic) bond motifs is 3. The predicted molar refractivity (Wildman–Crippen MR) is 123 cm³/mol. The molecule has 0 aromatic rings. The second-order valence-corrected chi connectivity index (χ2v) is 13.5. The molecule has 5 fully saturated rings. The molecule has 4 aliphatic carbocycles. The molecule has 35 heavy (non-hydrogen) atoms. The Morgan fingerprint density at radius 3 is 2.49 bits per heavy atom. The summed E-state index contributed by atoms with van der Waals surface area (Å²) in [6.45, 7) is 3.05. The van der Waals surface area contributed by atoms with Crippen molar-refractivity contribution in [2.45, 2.75) is 88.9 Å². The summed E-state index contributed by atoms with van der Waals surface area (Å²) in [5.74, 6) is -1.71. The van der Waals surface area contributed by atoms with E-state index in [1.807, 2.05) is 0 Å². The zero-order chi connectivity index (χ0) is 25.4. The Bertz CT molecular complexity index is 1060. The van der Waals surface area contributed by atoms with Gasteiger partial charge in [-0.2, -0.15) is 8.42 Å². The average Bonchev–Trinajstić information content (AvgIpc) is 3.03. The highest BCUT2D eigenvalue weighted by Gasteiger charge is 2.73. The van der Waals surface area contributed by atoms with Gasteiger partial charge in [0.1, 0.15) is 12.7 Å². The maximum absolute atomic E-state index is 12.9. The van der Waals surface area contributed by atoms with E-state index in [-0.39, 0.29) is 43.2 Å². The number of esters is 1. The summed E-state index contributed by atoms with van der Waals surface area (Å²) in [6.07, 6.45) is 5.38. The number of Topliss-reactive ketones (excluding diaryl/α,β-unsaturated/α-hetero) is 2. The summed E-state index contributed by atoms with van der Waals surface area (Å²) in [5.41, 5.74) is -3.28. The van der Waals surface area contributed by atoms with Crippen LogP contribution in [0.25, 0.3) is 0 Å². The van der Waals surface area contributed by atoms with E-state index in [2.05, 4.69) is 6.92 Å². The van der Waals surface area contributed by atoms with Crippen LogP contribution in [-0.4, -0.2) is 67.8 Å². The second kappa shape index (κ2) is 8.07. The van der Waals surface area contributed by atoms with E-state index < -0.39 is 50.0 Å². The molecule has 1 heterocycles. The molecule has 4 saturated carbocycles. The number of ketones is 2. The van der Waals surface area contributed by atoms with Gasteiger partial charge in [0.25, 0.3) is 10.1 Å². The van der Waals surface area contributed by atoms with E-state index in [9.17, 15) is 27.9 Å². The number of hydrogen-bond acceptors (Lipinski definition) is 9. The number of carbonyl (C=O) groups excluding carboxylic acids is 3. The fraction of sp³-hybridized carbons (Fsp3) is 0.880. The van der Waals surface area contributed by atoms with Gasteiger partial charge in [-0.05, 0) is 63.2 Å². The first-order chi connectivity index (χ1) is 16.3. The molecule has 1 N–H and O–H groups in total. The highest BCUT2D eigenvalue weighted by atomic mass is 32.2. The second-order valence-electron chi connectivity index (χ2n) is 11.9. The van der Waals surface area contributed by atoms with Crippen molar-refractivity contribution in [3.63, 3.8) is 0 Å². The summed E-state index contributed by atoms with van der Waals surface area (Å²) in [4.78, 5) is 37.0. The predicted octanol–water partition coefficient (Wildman–Crippen LogP) is 1.94. The van der Waals surface area contributed by atoms with Crippen LogP contribution in [0.2, 0.25) is 0 Å². The van der Waals surface area contributed by atoms with E-state index in [4.69, 9.17) is 13.7 Å². The number of carbonyl (C=O) groups is 3. The minimum atomic E-state index is -3.76. The summed E-state index contributed by atoms with van der Waals surface area (Å²) in [5, 5.41) is 12.1. The van der Waals surface area contributed by atoms with Gasteiger partial charge >= 0.3 is 5.97 Å². The van der Waals surface area contributed by atoms with Gasteiger partial charge < -0.3 is 14.6 Å². The maximum atomic E-state index is 12.9. The first-order valence-electron chi connectivity index (χ1n) is 12.7. The number of rotatable bonds is 4. The number of ether oxygens (including phenoxy) is 2. The topological polar surface area (TPSA) is 133 Å². The van der Waals surface area contributed by atoms with Crippen LogP contribution < -0.4 is 0 Å². The van der Waals surface area contributed by atoms with Crippen LogP contribution in [0.15, 0.2) is 0 Å². The molecule has 0 radical (unpaired) electrons. The Labute approximate surface area is 206 Å². The first kappa shape index (κ1) is 25.3. The van der Waals surface area contributed by atoms with Crippen molar-refractivity contribution < 1.29 is 41.6 Å². The van der Waals surface area contributed by atoms with Gasteiger partial charge in [0, 0.05) is 30.1 Å². The number of hydrogen-bond donors (Lipinski definition) is 1. The van der Waals surface area contributed by atoms with Crippen LogP contribution in [0, 0.1) is 28.6 Å². The molecule has 8 unspecified atom stereocenters. The Balaban J connectivity index is 1.56. The molecule has 0 spiro atoms. The normalized spacial score (nSPS) is 47.3. The molecule has 10 heteroatoms. The lowest BCUT2D eigenvalue weighted by atomic mass is 9.41. The van der Waals surface area contributed by atoms with Gasteiger partial charge in [-0.25, -0.2) is 0 Å². The van der Waals surface area contributed by atoms with Gasteiger partial charge in [-0.1, -0.05) is 6.92 Å². The van der Waals surface area contributed by atoms with E-state index in [0.29, 0.717) is 51.4 Å². The molecule has 196 valence electrons. The Morgan fingerprint density at radius 1 is 1.09 bits per heavy atom. The van der Waals surface area contributed by atoms with Crippen LogP contribution in [0.4, 0.5) is 0 Å². The first-order valence-corrected chi connectivity index (χ1v) is 14.5. The van der Waals surface area contributed by atoms with Crippen LogP contribution in [-0.2, 0) is 38.2 Å². The van der Waals surface area contributed by atoms with E-state index in [1.165, 1.54) is 6.92 Å². The van der Waals surface area contributed by atoms with Crippen LogP contribution >= 0.6 is 0 Å². The third-order valence-corrected chi connectivity index (χ3v) is 11.0. The largest absolute Gasteiger partial charge is 0.462 e. The average molecular weight is 513 g/mol. The Morgan fingerprint density at radius 2 is 1.80 bits per heavy atom. The maximum Gasteiger partial charge on any atom is 0.302 e. The lowest BCUT2D eigenvalue weighted by Crippen LogP contribution is -2.70. The van der Waals surface area contributed by atoms with E-state index in [1.54, 1.807) is 0 Å². The minimum absolute atomic E-state index is 0.0429. The van der Waals surface area contributed by atoms with E-state index >= 15 is 0 Å². The standard InChI is InChI=1S/C25H36O9S/c1-15(26)34-16-4-9-23(14-33-35(3,30)31)17-5-8-22(2)19-7-11-25(22,32-13-20(27)21(19)28)18(17)6-10-24(23,29)12-16/h16-19,29H,4-14H2,1-3H3.